The molecule has 0 saturated carbocycles. The Labute approximate surface area is 88.9 Å². The Balaban J connectivity index is 2.50. The van der Waals surface area contributed by atoms with Crippen LogP contribution in [-0.2, 0) is 4.74 Å². The van der Waals surface area contributed by atoms with E-state index < -0.39 is 6.10 Å². The molecule has 0 fully saturated rings. The number of methoxy groups -OCH3 is 2. The summed E-state index contributed by atoms with van der Waals surface area (Å²) in [7, 11) is 3.18. The van der Waals surface area contributed by atoms with E-state index >= 15 is 0 Å². The molecular formula is C12H14O3. The highest BCUT2D eigenvalue weighted by molar-refractivity contribution is 5.62. The summed E-state index contributed by atoms with van der Waals surface area (Å²) in [6.07, 6.45) is 2.84. The van der Waals surface area contributed by atoms with Gasteiger partial charge in [0.25, 0.3) is 0 Å². The van der Waals surface area contributed by atoms with Gasteiger partial charge in [-0.25, -0.2) is 0 Å². The molecule has 0 saturated heterocycles. The van der Waals surface area contributed by atoms with Crippen molar-refractivity contribution in [3.05, 3.63) is 35.4 Å². The topological polar surface area (TPSA) is 38.7 Å². The van der Waals surface area contributed by atoms with Crippen LogP contribution in [0, 0.1) is 0 Å². The fourth-order valence-corrected chi connectivity index (χ4v) is 1.88. The first-order valence-electron chi connectivity index (χ1n) is 4.84. The largest absolute Gasteiger partial charge is 0.496 e. The molecule has 3 nitrogen and oxygen atoms in total. The molecule has 0 radical (unpaired) electrons. The van der Waals surface area contributed by atoms with Gasteiger partial charge in [0, 0.05) is 12.7 Å². The van der Waals surface area contributed by atoms with Gasteiger partial charge in [0.2, 0.25) is 0 Å². The number of aliphatic hydroxyl groups excluding tert-OH is 1. The second-order valence-electron chi connectivity index (χ2n) is 3.47. The molecule has 2 rings (SSSR count). The summed E-state index contributed by atoms with van der Waals surface area (Å²) in [5.74, 6) is 0.700. The normalized spacial score (nSPS) is 23.7. The fourth-order valence-electron chi connectivity index (χ4n) is 1.88. The molecule has 3 heteroatoms. The number of aliphatic hydroxyl groups is 1. The van der Waals surface area contributed by atoms with Gasteiger partial charge in [-0.1, -0.05) is 24.3 Å². The maximum absolute atomic E-state index is 10.1. The summed E-state index contributed by atoms with van der Waals surface area (Å²) >= 11 is 0. The Kier molecular flexibility index (Phi) is 2.75. The molecule has 0 unspecified atom stereocenters. The molecule has 2 atom stereocenters. The lowest BCUT2D eigenvalue weighted by molar-refractivity contribution is 0.0138. The van der Waals surface area contributed by atoms with E-state index in [0.29, 0.717) is 5.75 Å². The van der Waals surface area contributed by atoms with Crippen molar-refractivity contribution in [2.75, 3.05) is 14.2 Å². The van der Waals surface area contributed by atoms with Crippen LogP contribution in [-0.4, -0.2) is 25.4 Å². The van der Waals surface area contributed by atoms with Crippen LogP contribution in [0.3, 0.4) is 0 Å². The van der Waals surface area contributed by atoms with Crippen LogP contribution >= 0.6 is 0 Å². The van der Waals surface area contributed by atoms with Crippen molar-refractivity contribution < 1.29 is 14.6 Å². The van der Waals surface area contributed by atoms with E-state index in [-0.39, 0.29) is 6.10 Å². The van der Waals surface area contributed by atoms with Crippen molar-refractivity contribution in [1.29, 1.82) is 0 Å². The van der Waals surface area contributed by atoms with Crippen LogP contribution < -0.4 is 4.74 Å². The van der Waals surface area contributed by atoms with Crippen LogP contribution in [0.15, 0.2) is 24.3 Å². The van der Waals surface area contributed by atoms with E-state index in [1.165, 1.54) is 0 Å². The van der Waals surface area contributed by atoms with E-state index in [1.807, 2.05) is 30.4 Å². The highest BCUT2D eigenvalue weighted by Crippen LogP contribution is 2.35. The number of hydrogen-bond acceptors (Lipinski definition) is 3. The van der Waals surface area contributed by atoms with Gasteiger partial charge < -0.3 is 14.6 Å². The first kappa shape index (κ1) is 10.2. The minimum Gasteiger partial charge on any atom is -0.496 e. The van der Waals surface area contributed by atoms with Crippen molar-refractivity contribution in [1.82, 2.24) is 0 Å². The third-order valence-electron chi connectivity index (χ3n) is 2.66. The maximum Gasteiger partial charge on any atom is 0.125 e. The van der Waals surface area contributed by atoms with Gasteiger partial charge >= 0.3 is 0 Å². The van der Waals surface area contributed by atoms with Gasteiger partial charge in [-0.15, -0.1) is 0 Å². The summed E-state index contributed by atoms with van der Waals surface area (Å²) < 4.78 is 10.4. The molecule has 1 aromatic rings. The van der Waals surface area contributed by atoms with Gasteiger partial charge in [-0.05, 0) is 11.6 Å². The first-order chi connectivity index (χ1) is 7.27. The lowest BCUT2D eigenvalue weighted by Gasteiger charge is -2.26. The molecular weight excluding hydrogens is 192 g/mol. The molecule has 1 aliphatic rings. The third-order valence-corrected chi connectivity index (χ3v) is 2.66. The number of ether oxygens (including phenoxy) is 2. The van der Waals surface area contributed by atoms with E-state index in [4.69, 9.17) is 9.47 Å². The van der Waals surface area contributed by atoms with E-state index in [2.05, 4.69) is 0 Å². The van der Waals surface area contributed by atoms with Gasteiger partial charge in [0.1, 0.15) is 18.0 Å². The molecule has 0 spiro atoms. The summed E-state index contributed by atoms with van der Waals surface area (Å²) in [6.45, 7) is 0. The Bertz CT molecular complexity index is 384. The lowest BCUT2D eigenvalue weighted by Crippen LogP contribution is -2.22. The lowest BCUT2D eigenvalue weighted by atomic mass is 9.92. The Morgan fingerprint density at radius 2 is 2.07 bits per heavy atom. The minimum atomic E-state index is -0.661. The number of benzene rings is 1. The molecule has 1 N–H and O–H groups in total. The maximum atomic E-state index is 10.1. The number of rotatable bonds is 2. The van der Waals surface area contributed by atoms with Crippen molar-refractivity contribution in [2.24, 2.45) is 0 Å². The zero-order valence-corrected chi connectivity index (χ0v) is 8.81. The SMILES string of the molecule is COc1cccc2c1[C@H](O)[C@@H](OC)C=C2. The standard InChI is InChI=1S/C12H14O3/c1-14-9-5-3-4-8-6-7-10(15-2)12(13)11(8)9/h3-7,10,12-13H,1-2H3/t10-,12+/m0/s1. The third kappa shape index (κ3) is 1.64. The summed E-state index contributed by atoms with van der Waals surface area (Å²) in [5, 5.41) is 10.1. The van der Waals surface area contributed by atoms with E-state index in [9.17, 15) is 5.11 Å². The average molecular weight is 206 g/mol. The van der Waals surface area contributed by atoms with Crippen LogP contribution in [0.25, 0.3) is 6.08 Å². The Hall–Kier alpha value is -1.32. The van der Waals surface area contributed by atoms with Crippen LogP contribution in [0.1, 0.15) is 17.2 Å². The first-order valence-corrected chi connectivity index (χ1v) is 4.84. The van der Waals surface area contributed by atoms with Crippen molar-refractivity contribution >= 4 is 6.08 Å². The van der Waals surface area contributed by atoms with Crippen LogP contribution in [0.2, 0.25) is 0 Å². The van der Waals surface area contributed by atoms with Gasteiger partial charge in [0.15, 0.2) is 0 Å². The van der Waals surface area contributed by atoms with Crippen molar-refractivity contribution in [2.45, 2.75) is 12.2 Å². The van der Waals surface area contributed by atoms with E-state index in [0.717, 1.165) is 11.1 Å². The number of fused-ring (bicyclic) bond motifs is 1. The minimum absolute atomic E-state index is 0.297. The van der Waals surface area contributed by atoms with Crippen molar-refractivity contribution in [3.63, 3.8) is 0 Å². The molecule has 0 amide bonds. The highest BCUT2D eigenvalue weighted by Gasteiger charge is 2.26. The zero-order chi connectivity index (χ0) is 10.8. The second kappa shape index (κ2) is 4.04. The molecule has 80 valence electrons. The van der Waals surface area contributed by atoms with E-state index in [1.54, 1.807) is 14.2 Å². The zero-order valence-electron chi connectivity index (χ0n) is 8.81. The predicted molar refractivity (Wildman–Crippen MR) is 57.8 cm³/mol. The molecule has 1 aliphatic carbocycles. The van der Waals surface area contributed by atoms with Crippen molar-refractivity contribution in [3.8, 4) is 5.75 Å². The summed E-state index contributed by atoms with van der Waals surface area (Å²) in [6, 6.07) is 5.69. The molecule has 1 aromatic carbocycles. The quantitative estimate of drug-likeness (QED) is 0.801. The summed E-state index contributed by atoms with van der Waals surface area (Å²) in [4.78, 5) is 0. The highest BCUT2D eigenvalue weighted by atomic mass is 16.5. The Morgan fingerprint density at radius 3 is 2.73 bits per heavy atom. The molecule has 0 aliphatic heterocycles. The molecule has 0 aromatic heterocycles. The smallest absolute Gasteiger partial charge is 0.125 e. The monoisotopic (exact) mass is 206 g/mol. The molecule has 0 heterocycles. The molecule has 0 bridgehead atoms. The number of hydrogen-bond donors (Lipinski definition) is 1. The average Bonchev–Trinajstić information content (AvgIpc) is 2.29. The van der Waals surface area contributed by atoms with Crippen LogP contribution in [0.5, 0.6) is 5.75 Å². The second-order valence-corrected chi connectivity index (χ2v) is 3.47. The van der Waals surface area contributed by atoms with Gasteiger partial charge in [-0.3, -0.25) is 0 Å². The fraction of sp³-hybridized carbons (Fsp3) is 0.333. The predicted octanol–water partition coefficient (Wildman–Crippen LogP) is 1.77. The Morgan fingerprint density at radius 1 is 1.27 bits per heavy atom. The van der Waals surface area contributed by atoms with Gasteiger partial charge in [-0.2, -0.15) is 0 Å². The molecule has 15 heavy (non-hydrogen) atoms. The summed E-state index contributed by atoms with van der Waals surface area (Å²) in [5.41, 5.74) is 1.78. The van der Waals surface area contributed by atoms with Crippen LogP contribution in [0.4, 0.5) is 0 Å². The van der Waals surface area contributed by atoms with Gasteiger partial charge in [0.05, 0.1) is 7.11 Å².